The van der Waals surface area contributed by atoms with Gasteiger partial charge in [-0.3, -0.25) is 10.1 Å². The third-order valence-corrected chi connectivity index (χ3v) is 3.72. The number of pyridine rings is 1. The third-order valence-electron chi connectivity index (χ3n) is 3.52. The number of anilines is 2. The summed E-state index contributed by atoms with van der Waals surface area (Å²) in [4.78, 5) is 14.6. The van der Waals surface area contributed by atoms with Crippen LogP contribution in [0.5, 0.6) is 0 Å². The number of hydrogen-bond donors (Lipinski definition) is 2. The van der Waals surface area contributed by atoms with Crippen LogP contribution in [0.25, 0.3) is 11.0 Å². The van der Waals surface area contributed by atoms with Gasteiger partial charge in [-0.1, -0.05) is 0 Å². The SMILES string of the molecule is CC(C)n1ncc2cc(NC(=S)Nc3ccc([N+](=O)[O-])cc3)cnc21. The number of aromatic nitrogens is 3. The van der Waals surface area contributed by atoms with Gasteiger partial charge < -0.3 is 10.6 Å². The monoisotopic (exact) mass is 356 g/mol. The summed E-state index contributed by atoms with van der Waals surface area (Å²) in [5, 5.41) is 22.3. The summed E-state index contributed by atoms with van der Waals surface area (Å²) in [5.41, 5.74) is 2.23. The van der Waals surface area contributed by atoms with Gasteiger partial charge in [-0.25, -0.2) is 9.67 Å². The van der Waals surface area contributed by atoms with Crippen LogP contribution in [0.3, 0.4) is 0 Å². The first-order valence-corrected chi connectivity index (χ1v) is 8.00. The van der Waals surface area contributed by atoms with E-state index in [1.807, 2.05) is 24.6 Å². The van der Waals surface area contributed by atoms with E-state index in [1.165, 1.54) is 12.1 Å². The van der Waals surface area contributed by atoms with E-state index in [-0.39, 0.29) is 11.7 Å². The second-order valence-electron chi connectivity index (χ2n) is 5.70. The molecule has 0 spiro atoms. The molecular formula is C16H16N6O2S. The zero-order valence-corrected chi connectivity index (χ0v) is 14.4. The second-order valence-corrected chi connectivity index (χ2v) is 6.11. The van der Waals surface area contributed by atoms with Crippen molar-refractivity contribution in [3.63, 3.8) is 0 Å². The zero-order chi connectivity index (χ0) is 18.0. The van der Waals surface area contributed by atoms with E-state index < -0.39 is 4.92 Å². The molecule has 2 N–H and O–H groups in total. The number of nitrogens with one attached hydrogen (secondary N) is 2. The van der Waals surface area contributed by atoms with Crippen molar-refractivity contribution in [3.05, 3.63) is 52.8 Å². The van der Waals surface area contributed by atoms with Crippen molar-refractivity contribution < 1.29 is 4.92 Å². The van der Waals surface area contributed by atoms with Crippen LogP contribution >= 0.6 is 12.2 Å². The molecule has 0 atom stereocenters. The quantitative estimate of drug-likeness (QED) is 0.417. The van der Waals surface area contributed by atoms with Crippen molar-refractivity contribution >= 4 is 45.4 Å². The van der Waals surface area contributed by atoms with Gasteiger partial charge in [-0.15, -0.1) is 0 Å². The molecule has 0 aliphatic heterocycles. The van der Waals surface area contributed by atoms with Crippen LogP contribution in [0.1, 0.15) is 19.9 Å². The summed E-state index contributed by atoms with van der Waals surface area (Å²) < 4.78 is 1.85. The lowest BCUT2D eigenvalue weighted by molar-refractivity contribution is -0.384. The first kappa shape index (κ1) is 16.8. The second kappa shape index (κ2) is 6.81. The zero-order valence-electron chi connectivity index (χ0n) is 13.6. The van der Waals surface area contributed by atoms with Gasteiger partial charge in [-0.2, -0.15) is 5.10 Å². The Kier molecular flexibility index (Phi) is 4.57. The van der Waals surface area contributed by atoms with Crippen LogP contribution in [0.2, 0.25) is 0 Å². The number of nitro groups is 1. The molecule has 0 fully saturated rings. The molecule has 3 aromatic rings. The predicted molar refractivity (Wildman–Crippen MR) is 101 cm³/mol. The van der Waals surface area contributed by atoms with Gasteiger partial charge in [0.25, 0.3) is 5.69 Å². The molecule has 0 aliphatic rings. The van der Waals surface area contributed by atoms with Crippen molar-refractivity contribution in [3.8, 4) is 0 Å². The highest BCUT2D eigenvalue weighted by Gasteiger charge is 2.09. The van der Waals surface area contributed by atoms with Crippen LogP contribution in [0, 0.1) is 10.1 Å². The molecule has 0 radical (unpaired) electrons. The Morgan fingerprint density at radius 3 is 2.52 bits per heavy atom. The van der Waals surface area contributed by atoms with Gasteiger partial charge in [0, 0.05) is 29.2 Å². The molecule has 0 aliphatic carbocycles. The van der Waals surface area contributed by atoms with Crippen LogP contribution < -0.4 is 10.6 Å². The molecular weight excluding hydrogens is 340 g/mol. The number of thiocarbonyl (C=S) groups is 1. The summed E-state index contributed by atoms with van der Waals surface area (Å²) in [6.07, 6.45) is 3.45. The first-order valence-electron chi connectivity index (χ1n) is 7.60. The molecule has 0 bridgehead atoms. The van der Waals surface area contributed by atoms with E-state index in [1.54, 1.807) is 24.5 Å². The average Bonchev–Trinajstić information content (AvgIpc) is 2.98. The van der Waals surface area contributed by atoms with E-state index in [4.69, 9.17) is 12.2 Å². The average molecular weight is 356 g/mol. The summed E-state index contributed by atoms with van der Waals surface area (Å²) in [6.45, 7) is 4.09. The van der Waals surface area contributed by atoms with E-state index in [2.05, 4.69) is 20.7 Å². The Morgan fingerprint density at radius 2 is 1.88 bits per heavy atom. The molecule has 0 saturated heterocycles. The predicted octanol–water partition coefficient (Wildman–Crippen LogP) is 3.73. The van der Waals surface area contributed by atoms with Gasteiger partial charge in [0.2, 0.25) is 0 Å². The summed E-state index contributed by atoms with van der Waals surface area (Å²) in [5.74, 6) is 0. The number of hydrogen-bond acceptors (Lipinski definition) is 5. The maximum Gasteiger partial charge on any atom is 0.269 e. The fraction of sp³-hybridized carbons (Fsp3) is 0.188. The van der Waals surface area contributed by atoms with Gasteiger partial charge in [0.05, 0.1) is 23.0 Å². The normalized spacial score (nSPS) is 10.8. The standard InChI is InChI=1S/C16H16N6O2S/c1-10(2)21-15-11(8-18-21)7-13(9-17-15)20-16(25)19-12-3-5-14(6-4-12)22(23)24/h3-10H,1-2H3,(H2,19,20,25). The highest BCUT2D eigenvalue weighted by molar-refractivity contribution is 7.80. The molecule has 9 heteroatoms. The molecule has 0 unspecified atom stereocenters. The Bertz CT molecular complexity index is 935. The van der Waals surface area contributed by atoms with E-state index in [9.17, 15) is 10.1 Å². The maximum atomic E-state index is 10.7. The molecule has 0 amide bonds. The number of benzene rings is 1. The lowest BCUT2D eigenvalue weighted by Gasteiger charge is -2.11. The van der Waals surface area contributed by atoms with Gasteiger partial charge in [0.1, 0.15) is 0 Å². The van der Waals surface area contributed by atoms with Crippen molar-refractivity contribution in [1.29, 1.82) is 0 Å². The van der Waals surface area contributed by atoms with Crippen molar-refractivity contribution in [2.45, 2.75) is 19.9 Å². The smallest absolute Gasteiger partial charge is 0.269 e. The molecule has 1 aromatic carbocycles. The van der Waals surface area contributed by atoms with Crippen molar-refractivity contribution in [1.82, 2.24) is 14.8 Å². The number of non-ortho nitro benzene ring substituents is 1. The largest absolute Gasteiger partial charge is 0.332 e. The highest BCUT2D eigenvalue weighted by atomic mass is 32.1. The number of nitrogens with zero attached hydrogens (tertiary/aromatic N) is 4. The minimum atomic E-state index is -0.446. The molecule has 2 aromatic heterocycles. The van der Waals surface area contributed by atoms with E-state index >= 15 is 0 Å². The van der Waals surface area contributed by atoms with Gasteiger partial charge >= 0.3 is 0 Å². The molecule has 8 nitrogen and oxygen atoms in total. The fourth-order valence-electron chi connectivity index (χ4n) is 2.35. The summed E-state index contributed by atoms with van der Waals surface area (Å²) >= 11 is 5.27. The van der Waals surface area contributed by atoms with Crippen molar-refractivity contribution in [2.75, 3.05) is 10.6 Å². The summed E-state index contributed by atoms with van der Waals surface area (Å²) in [6, 6.07) is 8.17. The molecule has 0 saturated carbocycles. The van der Waals surface area contributed by atoms with Crippen LogP contribution in [0.4, 0.5) is 17.1 Å². The van der Waals surface area contributed by atoms with Crippen LogP contribution in [-0.4, -0.2) is 24.8 Å². The molecule has 2 heterocycles. The maximum absolute atomic E-state index is 10.7. The Labute approximate surface area is 149 Å². The van der Waals surface area contributed by atoms with Crippen LogP contribution in [-0.2, 0) is 0 Å². The molecule has 25 heavy (non-hydrogen) atoms. The topological polar surface area (TPSA) is 97.9 Å². The van der Waals surface area contributed by atoms with Gasteiger partial charge in [-0.05, 0) is 44.3 Å². The Morgan fingerprint density at radius 1 is 1.20 bits per heavy atom. The number of rotatable bonds is 4. The van der Waals surface area contributed by atoms with Crippen LogP contribution in [0.15, 0.2) is 42.7 Å². The van der Waals surface area contributed by atoms with E-state index in [0.29, 0.717) is 10.8 Å². The van der Waals surface area contributed by atoms with Gasteiger partial charge in [0.15, 0.2) is 10.8 Å². The number of nitro benzene ring substituents is 1. The highest BCUT2D eigenvalue weighted by Crippen LogP contribution is 2.20. The Hall–Kier alpha value is -3.07. The minimum absolute atomic E-state index is 0.0289. The summed E-state index contributed by atoms with van der Waals surface area (Å²) in [7, 11) is 0. The van der Waals surface area contributed by atoms with Crippen molar-refractivity contribution in [2.24, 2.45) is 0 Å². The van der Waals surface area contributed by atoms with E-state index in [0.717, 1.165) is 16.7 Å². The molecule has 3 rings (SSSR count). The third kappa shape index (κ3) is 3.72. The Balaban J connectivity index is 1.70. The lowest BCUT2D eigenvalue weighted by Crippen LogP contribution is -2.19. The minimum Gasteiger partial charge on any atom is -0.332 e. The number of fused-ring (bicyclic) bond motifs is 1. The molecule has 128 valence electrons. The first-order chi connectivity index (χ1) is 11.9. The fourth-order valence-corrected chi connectivity index (χ4v) is 2.58. The lowest BCUT2D eigenvalue weighted by atomic mass is 10.3.